The fraction of sp³-hybridized carbons (Fsp3) is 0.161. The monoisotopic (exact) mass is 677 g/mol. The van der Waals surface area contributed by atoms with Crippen LogP contribution in [-0.4, -0.2) is 42.9 Å². The van der Waals surface area contributed by atoms with Gasteiger partial charge in [0.1, 0.15) is 28.7 Å². The third-order valence-electron chi connectivity index (χ3n) is 7.35. The number of nitro benzene ring substituents is 1. The zero-order valence-corrected chi connectivity index (χ0v) is 24.3. The lowest BCUT2D eigenvalue weighted by atomic mass is 9.80. The van der Waals surface area contributed by atoms with Crippen LogP contribution in [0.1, 0.15) is 51.4 Å². The summed E-state index contributed by atoms with van der Waals surface area (Å²) in [5.74, 6) is -16.6. The number of rotatable bonds is 10. The van der Waals surface area contributed by atoms with E-state index >= 15 is 13.2 Å². The Morgan fingerprint density at radius 1 is 0.851 bits per heavy atom. The van der Waals surface area contributed by atoms with Crippen molar-refractivity contribution in [2.45, 2.75) is 30.1 Å². The minimum absolute atomic E-state index is 0.135. The molecule has 16 heteroatoms. The van der Waals surface area contributed by atoms with Crippen LogP contribution in [0.15, 0.2) is 47.4 Å². The first-order chi connectivity index (χ1) is 22.2. The summed E-state index contributed by atoms with van der Waals surface area (Å²) >= 11 is 0.209. The number of benzene rings is 4. The zero-order chi connectivity index (χ0) is 34.3. The number of aromatic carboxylic acids is 1. The molecule has 0 saturated heterocycles. The molecule has 1 heterocycles. The summed E-state index contributed by atoms with van der Waals surface area (Å²) in [6.45, 7) is 0. The molecule has 10 nitrogen and oxygen atoms in total. The lowest BCUT2D eigenvalue weighted by Gasteiger charge is -2.30. The molecule has 0 bridgehead atoms. The fourth-order valence-corrected chi connectivity index (χ4v) is 6.09. The van der Waals surface area contributed by atoms with Crippen molar-refractivity contribution in [3.8, 4) is 28.7 Å². The molecule has 0 spiro atoms. The SMILES string of the molecule is O=C(CCCc1ccc(O)c([N+](=O)[O-])c1)CSc1c(F)c(F)c(C(=O)O)c(C2c3cc(F)c(O)cc3Oc3cc(O)c(F)cc32)c1F. The molecule has 0 saturated carbocycles. The summed E-state index contributed by atoms with van der Waals surface area (Å²) in [5.41, 5.74) is -3.48. The number of ether oxygens (including phenoxy) is 1. The Balaban J connectivity index is 1.50. The highest BCUT2D eigenvalue weighted by molar-refractivity contribution is 8.00. The molecule has 0 unspecified atom stereocenters. The first-order valence-electron chi connectivity index (χ1n) is 13.5. The Morgan fingerprint density at radius 2 is 1.45 bits per heavy atom. The minimum Gasteiger partial charge on any atom is -0.505 e. The number of nitro groups is 1. The molecule has 0 radical (unpaired) electrons. The largest absolute Gasteiger partial charge is 0.505 e. The summed E-state index contributed by atoms with van der Waals surface area (Å²) in [6, 6.07) is 6.37. The van der Waals surface area contributed by atoms with Crippen LogP contribution in [0.5, 0.6) is 28.7 Å². The van der Waals surface area contributed by atoms with Gasteiger partial charge in [-0.3, -0.25) is 14.9 Å². The maximum Gasteiger partial charge on any atom is 0.339 e. The van der Waals surface area contributed by atoms with E-state index in [1.807, 2.05) is 0 Å². The lowest BCUT2D eigenvalue weighted by Crippen LogP contribution is -2.20. The van der Waals surface area contributed by atoms with E-state index in [0.717, 1.165) is 24.3 Å². The van der Waals surface area contributed by atoms with Crippen molar-refractivity contribution >= 4 is 29.2 Å². The maximum absolute atomic E-state index is 16.3. The Bertz CT molecular complexity index is 1930. The summed E-state index contributed by atoms with van der Waals surface area (Å²) in [5, 5.41) is 50.2. The molecule has 0 amide bonds. The van der Waals surface area contributed by atoms with Crippen LogP contribution in [0.4, 0.5) is 27.6 Å². The number of Topliss-reactive ketones (excluding diaryl/α,β-unsaturated/α-hetero) is 1. The normalized spacial score (nSPS) is 12.3. The van der Waals surface area contributed by atoms with Crippen molar-refractivity contribution in [2.24, 2.45) is 0 Å². The number of thioether (sulfide) groups is 1. The first kappa shape index (κ1) is 33.0. The number of ketones is 1. The van der Waals surface area contributed by atoms with Crippen molar-refractivity contribution in [3.05, 3.63) is 109 Å². The quantitative estimate of drug-likeness (QED) is 0.0394. The number of phenolic OH excluding ortho intramolecular Hbond substituents is 3. The van der Waals surface area contributed by atoms with Crippen LogP contribution < -0.4 is 4.74 Å². The molecule has 244 valence electrons. The predicted molar refractivity (Wildman–Crippen MR) is 154 cm³/mol. The third kappa shape index (κ3) is 6.23. The smallest absolute Gasteiger partial charge is 0.339 e. The molecule has 4 N–H and O–H groups in total. The summed E-state index contributed by atoms with van der Waals surface area (Å²) < 4.78 is 81.6. The van der Waals surface area contributed by atoms with E-state index in [2.05, 4.69) is 0 Å². The van der Waals surface area contributed by atoms with Crippen LogP contribution in [0.2, 0.25) is 0 Å². The average molecular weight is 678 g/mol. The van der Waals surface area contributed by atoms with E-state index in [1.165, 1.54) is 6.07 Å². The highest BCUT2D eigenvalue weighted by Crippen LogP contribution is 2.52. The first-order valence-corrected chi connectivity index (χ1v) is 14.4. The second-order valence-electron chi connectivity index (χ2n) is 10.3. The van der Waals surface area contributed by atoms with E-state index in [4.69, 9.17) is 4.74 Å². The molecule has 0 fully saturated rings. The topological polar surface area (TPSA) is 167 Å². The number of carbonyl (C=O) groups excluding carboxylic acids is 1. The highest BCUT2D eigenvalue weighted by Gasteiger charge is 2.40. The van der Waals surface area contributed by atoms with Gasteiger partial charge in [0.25, 0.3) is 0 Å². The molecule has 0 aromatic heterocycles. The number of carboxylic acid groups (broad SMARTS) is 1. The number of carboxylic acids is 1. The maximum atomic E-state index is 16.3. The molecule has 5 rings (SSSR count). The van der Waals surface area contributed by atoms with E-state index in [-0.39, 0.29) is 31.0 Å². The van der Waals surface area contributed by atoms with Crippen LogP contribution >= 0.6 is 11.8 Å². The third-order valence-corrected chi connectivity index (χ3v) is 8.47. The molecule has 1 aliphatic rings. The van der Waals surface area contributed by atoms with Crippen LogP contribution in [-0.2, 0) is 11.2 Å². The molecule has 1 aliphatic heterocycles. The Labute approximate surface area is 264 Å². The molecule has 0 aliphatic carbocycles. The Kier molecular flexibility index (Phi) is 8.98. The zero-order valence-electron chi connectivity index (χ0n) is 23.5. The Hall–Kier alpha value is -5.38. The number of nitrogens with zero attached hydrogens (tertiary/aromatic N) is 1. The van der Waals surface area contributed by atoms with Gasteiger partial charge >= 0.3 is 11.7 Å². The summed E-state index contributed by atoms with van der Waals surface area (Å²) in [7, 11) is 0. The van der Waals surface area contributed by atoms with E-state index in [1.54, 1.807) is 0 Å². The van der Waals surface area contributed by atoms with E-state index in [0.29, 0.717) is 17.7 Å². The lowest BCUT2D eigenvalue weighted by molar-refractivity contribution is -0.385. The van der Waals surface area contributed by atoms with Crippen LogP contribution in [0, 0.1) is 39.2 Å². The second-order valence-corrected chi connectivity index (χ2v) is 11.3. The number of aryl methyl sites for hydroxylation is 1. The van der Waals surface area contributed by atoms with Gasteiger partial charge in [-0.1, -0.05) is 6.07 Å². The van der Waals surface area contributed by atoms with Gasteiger partial charge in [0.2, 0.25) is 0 Å². The number of carbonyl (C=O) groups is 2. The van der Waals surface area contributed by atoms with Gasteiger partial charge in [-0.05, 0) is 36.6 Å². The molecule has 4 aromatic carbocycles. The van der Waals surface area contributed by atoms with Gasteiger partial charge in [-0.2, -0.15) is 0 Å². The van der Waals surface area contributed by atoms with Gasteiger partial charge in [-0.15, -0.1) is 11.8 Å². The number of fused-ring (bicyclic) bond motifs is 2. The molecule has 47 heavy (non-hydrogen) atoms. The van der Waals surface area contributed by atoms with Gasteiger partial charge < -0.3 is 25.2 Å². The number of hydrogen-bond acceptors (Lipinski definition) is 9. The molecular weight excluding hydrogens is 657 g/mol. The molecule has 0 atom stereocenters. The predicted octanol–water partition coefficient (Wildman–Crippen LogP) is 7.08. The number of halogens is 5. The van der Waals surface area contributed by atoms with Crippen molar-refractivity contribution < 1.29 is 61.6 Å². The van der Waals surface area contributed by atoms with E-state index < -0.39 is 119 Å². The Morgan fingerprint density at radius 3 is 2.00 bits per heavy atom. The van der Waals surface area contributed by atoms with Crippen LogP contribution in [0.3, 0.4) is 0 Å². The van der Waals surface area contributed by atoms with Crippen molar-refractivity contribution in [1.82, 2.24) is 0 Å². The number of aromatic hydroxyl groups is 3. The summed E-state index contributed by atoms with van der Waals surface area (Å²) in [4.78, 5) is 34.0. The van der Waals surface area contributed by atoms with E-state index in [9.17, 15) is 48.9 Å². The standard InChI is InChI=1S/C31H20F5NO9S/c32-16-7-14-22(9-20(16)40)46-23-10-21(41)17(33)8-15(23)24(14)25-26(31(42)43)27(34)29(36)30(28(25)35)47-11-13(38)3-1-2-12-4-5-19(39)18(6-12)37(44)45/h4-10,24,39-41H,1-3,11H2,(H,42,43). The van der Waals surface area contributed by atoms with Gasteiger partial charge in [0, 0.05) is 47.2 Å². The van der Waals surface area contributed by atoms with Gasteiger partial charge in [-0.25, -0.2) is 26.7 Å². The van der Waals surface area contributed by atoms with Crippen molar-refractivity contribution in [1.29, 1.82) is 0 Å². The van der Waals surface area contributed by atoms with Crippen LogP contribution in [0.25, 0.3) is 0 Å². The van der Waals surface area contributed by atoms with Gasteiger partial charge in [0.05, 0.1) is 15.6 Å². The molecule has 4 aromatic rings. The molecular formula is C31H20F5NO9S. The average Bonchev–Trinajstić information content (AvgIpc) is 3.00. The van der Waals surface area contributed by atoms with Crippen molar-refractivity contribution in [2.75, 3.05) is 5.75 Å². The van der Waals surface area contributed by atoms with Crippen molar-refractivity contribution in [3.63, 3.8) is 0 Å². The second kappa shape index (κ2) is 12.8. The highest BCUT2D eigenvalue weighted by atomic mass is 32.2. The summed E-state index contributed by atoms with van der Waals surface area (Å²) in [6.07, 6.45) is 0.114. The van der Waals surface area contributed by atoms with Gasteiger partial charge in [0.15, 0.2) is 40.5 Å². The minimum atomic E-state index is -2.13. The number of hydrogen-bond donors (Lipinski definition) is 4. The number of phenols is 3. The fourth-order valence-electron chi connectivity index (χ4n) is 5.19.